The Labute approximate surface area is 89.4 Å². The molecular formula is C9H9BrFNO2. The zero-order chi connectivity index (χ0) is 10.6. The van der Waals surface area contributed by atoms with Crippen molar-refractivity contribution in [1.29, 1.82) is 0 Å². The predicted molar refractivity (Wildman–Crippen MR) is 52.2 cm³/mol. The Hall–Kier alpha value is -0.970. The lowest BCUT2D eigenvalue weighted by atomic mass is 10.2. The highest BCUT2D eigenvalue weighted by molar-refractivity contribution is 9.10. The smallest absolute Gasteiger partial charge is 0.310 e. The van der Waals surface area contributed by atoms with Crippen LogP contribution in [0.25, 0.3) is 0 Å². The Morgan fingerprint density at radius 1 is 1.71 bits per heavy atom. The van der Waals surface area contributed by atoms with Gasteiger partial charge in [-0.05, 0) is 12.5 Å². The van der Waals surface area contributed by atoms with E-state index in [1.165, 1.54) is 12.3 Å². The molecule has 1 rings (SSSR count). The quantitative estimate of drug-likeness (QED) is 0.618. The topological polar surface area (TPSA) is 39.2 Å². The molecule has 0 aliphatic rings. The standard InChI is InChI=1S/C9H9BrFNO2/c1-2-14-9(13)3-6-5-12-8(11)4-7(6)10/h4-5H,2-3H2,1H3. The molecule has 0 N–H and O–H groups in total. The Balaban J connectivity index is 2.72. The number of rotatable bonds is 3. The van der Waals surface area contributed by atoms with Crippen LogP contribution in [-0.4, -0.2) is 17.6 Å². The molecule has 0 amide bonds. The summed E-state index contributed by atoms with van der Waals surface area (Å²) in [5.74, 6) is -0.925. The minimum Gasteiger partial charge on any atom is -0.466 e. The summed E-state index contributed by atoms with van der Waals surface area (Å²) in [7, 11) is 0. The van der Waals surface area contributed by atoms with Crippen LogP contribution in [0, 0.1) is 5.95 Å². The van der Waals surface area contributed by atoms with Gasteiger partial charge in [-0.3, -0.25) is 4.79 Å². The maximum absolute atomic E-state index is 12.6. The van der Waals surface area contributed by atoms with Crippen LogP contribution in [0.1, 0.15) is 12.5 Å². The van der Waals surface area contributed by atoms with Gasteiger partial charge in [0.2, 0.25) is 5.95 Å². The van der Waals surface area contributed by atoms with E-state index in [2.05, 4.69) is 20.9 Å². The molecule has 1 aromatic rings. The van der Waals surface area contributed by atoms with E-state index in [1.807, 2.05) is 0 Å². The van der Waals surface area contributed by atoms with E-state index in [-0.39, 0.29) is 12.4 Å². The van der Waals surface area contributed by atoms with E-state index >= 15 is 0 Å². The molecule has 0 bridgehead atoms. The van der Waals surface area contributed by atoms with E-state index < -0.39 is 5.95 Å². The number of carbonyl (C=O) groups is 1. The summed E-state index contributed by atoms with van der Waals surface area (Å²) in [6, 6.07) is 1.22. The third kappa shape index (κ3) is 3.06. The van der Waals surface area contributed by atoms with Crippen LogP contribution in [0.2, 0.25) is 0 Å². The van der Waals surface area contributed by atoms with Crippen molar-refractivity contribution in [3.63, 3.8) is 0 Å². The number of esters is 1. The largest absolute Gasteiger partial charge is 0.466 e. The Morgan fingerprint density at radius 3 is 3.00 bits per heavy atom. The molecule has 0 atom stereocenters. The molecule has 0 aliphatic heterocycles. The first-order valence-corrected chi connectivity index (χ1v) is 4.88. The van der Waals surface area contributed by atoms with Crippen molar-refractivity contribution in [1.82, 2.24) is 4.98 Å². The SMILES string of the molecule is CCOC(=O)Cc1cnc(F)cc1Br. The number of carbonyl (C=O) groups excluding carboxylic acids is 1. The molecule has 3 nitrogen and oxygen atoms in total. The van der Waals surface area contributed by atoms with Gasteiger partial charge in [0, 0.05) is 16.7 Å². The van der Waals surface area contributed by atoms with Crippen molar-refractivity contribution < 1.29 is 13.9 Å². The molecule has 0 spiro atoms. The molecule has 1 aromatic heterocycles. The lowest BCUT2D eigenvalue weighted by Gasteiger charge is -2.03. The summed E-state index contributed by atoms with van der Waals surface area (Å²) in [5.41, 5.74) is 0.616. The van der Waals surface area contributed by atoms with E-state index in [0.29, 0.717) is 16.6 Å². The normalized spacial score (nSPS) is 9.93. The predicted octanol–water partition coefficient (Wildman–Crippen LogP) is 2.09. The molecule has 0 fully saturated rings. The summed E-state index contributed by atoms with van der Waals surface area (Å²) >= 11 is 3.14. The number of halogens is 2. The first-order chi connectivity index (χ1) is 6.63. The van der Waals surface area contributed by atoms with Crippen molar-refractivity contribution in [2.45, 2.75) is 13.3 Å². The van der Waals surface area contributed by atoms with Crippen LogP contribution in [0.3, 0.4) is 0 Å². The van der Waals surface area contributed by atoms with Gasteiger partial charge in [0.15, 0.2) is 0 Å². The van der Waals surface area contributed by atoms with Crippen LogP contribution in [0.15, 0.2) is 16.7 Å². The van der Waals surface area contributed by atoms with Gasteiger partial charge < -0.3 is 4.74 Å². The van der Waals surface area contributed by atoms with Gasteiger partial charge in [-0.15, -0.1) is 0 Å². The van der Waals surface area contributed by atoms with E-state index in [9.17, 15) is 9.18 Å². The maximum atomic E-state index is 12.6. The molecular weight excluding hydrogens is 253 g/mol. The second-order valence-corrected chi connectivity index (χ2v) is 3.43. The maximum Gasteiger partial charge on any atom is 0.310 e. The molecule has 14 heavy (non-hydrogen) atoms. The zero-order valence-electron chi connectivity index (χ0n) is 7.59. The summed E-state index contributed by atoms with van der Waals surface area (Å²) < 4.78 is 17.9. The fourth-order valence-corrected chi connectivity index (χ4v) is 1.36. The number of hydrogen-bond acceptors (Lipinski definition) is 3. The number of nitrogens with zero attached hydrogens (tertiary/aromatic N) is 1. The van der Waals surface area contributed by atoms with Gasteiger partial charge in [0.25, 0.3) is 0 Å². The van der Waals surface area contributed by atoms with Gasteiger partial charge in [-0.1, -0.05) is 15.9 Å². The summed E-state index contributed by atoms with van der Waals surface area (Å²) in [6.07, 6.45) is 1.41. The molecule has 76 valence electrons. The molecule has 0 saturated carbocycles. The first kappa shape index (κ1) is 11.1. The average Bonchev–Trinajstić information content (AvgIpc) is 2.10. The summed E-state index contributed by atoms with van der Waals surface area (Å²) in [6.45, 7) is 2.07. The molecule has 0 aliphatic carbocycles. The monoisotopic (exact) mass is 261 g/mol. The van der Waals surface area contributed by atoms with Crippen LogP contribution < -0.4 is 0 Å². The number of aromatic nitrogens is 1. The highest BCUT2D eigenvalue weighted by atomic mass is 79.9. The van der Waals surface area contributed by atoms with E-state index in [1.54, 1.807) is 6.92 Å². The molecule has 1 heterocycles. The lowest BCUT2D eigenvalue weighted by Crippen LogP contribution is -2.08. The van der Waals surface area contributed by atoms with Gasteiger partial charge in [0.05, 0.1) is 13.0 Å². The van der Waals surface area contributed by atoms with Gasteiger partial charge >= 0.3 is 5.97 Å². The molecule has 0 aromatic carbocycles. The fourth-order valence-electron chi connectivity index (χ4n) is 0.933. The van der Waals surface area contributed by atoms with Crippen molar-refractivity contribution >= 4 is 21.9 Å². The van der Waals surface area contributed by atoms with Crippen molar-refractivity contribution in [3.05, 3.63) is 28.2 Å². The highest BCUT2D eigenvalue weighted by Crippen LogP contribution is 2.16. The van der Waals surface area contributed by atoms with Crippen LogP contribution in [0.4, 0.5) is 4.39 Å². The van der Waals surface area contributed by atoms with Crippen molar-refractivity contribution in [2.75, 3.05) is 6.61 Å². The minimum atomic E-state index is -0.579. The van der Waals surface area contributed by atoms with Gasteiger partial charge in [-0.2, -0.15) is 4.39 Å². The Bertz CT molecular complexity index is 344. The summed E-state index contributed by atoms with van der Waals surface area (Å²) in [5, 5.41) is 0. The second-order valence-electron chi connectivity index (χ2n) is 2.58. The van der Waals surface area contributed by atoms with E-state index in [0.717, 1.165) is 0 Å². The summed E-state index contributed by atoms with van der Waals surface area (Å²) in [4.78, 5) is 14.5. The Kier molecular flexibility index (Phi) is 4.00. The fraction of sp³-hybridized carbons (Fsp3) is 0.333. The average molecular weight is 262 g/mol. The number of ether oxygens (including phenoxy) is 1. The van der Waals surface area contributed by atoms with E-state index in [4.69, 9.17) is 4.74 Å². The van der Waals surface area contributed by atoms with Crippen molar-refractivity contribution in [2.24, 2.45) is 0 Å². The number of pyridine rings is 1. The van der Waals surface area contributed by atoms with Gasteiger partial charge in [0.1, 0.15) is 0 Å². The number of hydrogen-bond donors (Lipinski definition) is 0. The third-order valence-corrected chi connectivity index (χ3v) is 2.27. The van der Waals surface area contributed by atoms with Crippen LogP contribution in [-0.2, 0) is 16.0 Å². The lowest BCUT2D eigenvalue weighted by molar-refractivity contribution is -0.142. The highest BCUT2D eigenvalue weighted by Gasteiger charge is 2.08. The first-order valence-electron chi connectivity index (χ1n) is 4.09. The van der Waals surface area contributed by atoms with Gasteiger partial charge in [-0.25, -0.2) is 4.98 Å². The molecule has 0 radical (unpaired) electrons. The molecule has 0 unspecified atom stereocenters. The minimum absolute atomic E-state index is 0.0989. The molecule has 5 heteroatoms. The second kappa shape index (κ2) is 5.05. The third-order valence-electron chi connectivity index (χ3n) is 1.54. The zero-order valence-corrected chi connectivity index (χ0v) is 9.17. The molecule has 0 saturated heterocycles. The Morgan fingerprint density at radius 2 is 2.43 bits per heavy atom. The van der Waals surface area contributed by atoms with Crippen molar-refractivity contribution in [3.8, 4) is 0 Å². The van der Waals surface area contributed by atoms with Crippen LogP contribution in [0.5, 0.6) is 0 Å². The van der Waals surface area contributed by atoms with Crippen LogP contribution >= 0.6 is 15.9 Å².